The number of rotatable bonds is 4. The molecule has 1 atom stereocenters. The van der Waals surface area contributed by atoms with E-state index in [0.29, 0.717) is 5.69 Å². The van der Waals surface area contributed by atoms with Crippen molar-refractivity contribution in [2.75, 3.05) is 24.5 Å². The number of anilines is 1. The number of hydrogen-bond acceptors (Lipinski definition) is 5. The summed E-state index contributed by atoms with van der Waals surface area (Å²) in [5.41, 5.74) is 0.606. The van der Waals surface area contributed by atoms with Gasteiger partial charge in [0.2, 0.25) is 11.8 Å². The molecule has 2 amide bonds. The van der Waals surface area contributed by atoms with Gasteiger partial charge in [-0.1, -0.05) is 26.0 Å². The summed E-state index contributed by atoms with van der Waals surface area (Å²) < 4.78 is 5.65. The van der Waals surface area contributed by atoms with Gasteiger partial charge in [0, 0.05) is 25.4 Å². The zero-order chi connectivity index (χ0) is 18.0. The molecule has 0 aliphatic carbocycles. The number of hydrogen-bond donors (Lipinski definition) is 0. The number of para-hydroxylation sites is 1. The van der Waals surface area contributed by atoms with Crippen LogP contribution in [0.1, 0.15) is 43.5 Å². The largest absolute Gasteiger partial charge is 0.459 e. The molecular weight excluding hydrogens is 320 g/mol. The van der Waals surface area contributed by atoms with E-state index in [0.717, 1.165) is 37.4 Å². The van der Waals surface area contributed by atoms with Crippen molar-refractivity contribution in [3.05, 3.63) is 29.8 Å². The molecule has 1 aromatic rings. The molecule has 0 spiro atoms. The van der Waals surface area contributed by atoms with Gasteiger partial charge in [0.05, 0.1) is 11.3 Å². The molecule has 2 saturated heterocycles. The number of amides is 2. The number of esters is 1. The Labute approximate surface area is 147 Å². The third-order valence-corrected chi connectivity index (χ3v) is 4.99. The van der Waals surface area contributed by atoms with Crippen molar-refractivity contribution >= 4 is 23.5 Å². The third-order valence-electron chi connectivity index (χ3n) is 4.99. The van der Waals surface area contributed by atoms with Crippen LogP contribution in [0.3, 0.4) is 0 Å². The van der Waals surface area contributed by atoms with Crippen LogP contribution in [0.15, 0.2) is 24.3 Å². The summed E-state index contributed by atoms with van der Waals surface area (Å²) in [6.45, 7) is 6.67. The van der Waals surface area contributed by atoms with E-state index >= 15 is 0 Å². The number of ether oxygens (including phenoxy) is 1. The van der Waals surface area contributed by atoms with E-state index in [9.17, 15) is 14.4 Å². The highest BCUT2D eigenvalue weighted by Crippen LogP contribution is 2.30. The number of likely N-dealkylation sites (tertiary alicyclic amines) is 1. The first kappa shape index (κ1) is 17.6. The monoisotopic (exact) mass is 344 g/mol. The summed E-state index contributed by atoms with van der Waals surface area (Å²) in [5.74, 6) is -1.35. The van der Waals surface area contributed by atoms with Gasteiger partial charge < -0.3 is 9.64 Å². The summed E-state index contributed by atoms with van der Waals surface area (Å²) in [6.07, 6.45) is 1.67. The van der Waals surface area contributed by atoms with Gasteiger partial charge in [-0.15, -0.1) is 0 Å². The zero-order valence-electron chi connectivity index (χ0n) is 14.7. The molecule has 6 heteroatoms. The molecule has 0 aromatic heterocycles. The molecule has 3 rings (SSSR count). The lowest BCUT2D eigenvalue weighted by atomic mass is 10.1. The summed E-state index contributed by atoms with van der Waals surface area (Å²) in [7, 11) is 0. The van der Waals surface area contributed by atoms with Crippen molar-refractivity contribution < 1.29 is 19.1 Å². The smallest absolute Gasteiger partial charge is 0.340 e. The molecule has 0 radical (unpaired) electrons. The number of benzene rings is 1. The fraction of sp³-hybridized carbons (Fsp3) is 0.526. The first-order chi connectivity index (χ1) is 12.0. The van der Waals surface area contributed by atoms with Crippen LogP contribution >= 0.6 is 0 Å². The Morgan fingerprint density at radius 1 is 1.20 bits per heavy atom. The first-order valence-corrected chi connectivity index (χ1v) is 8.90. The summed E-state index contributed by atoms with van der Waals surface area (Å²) in [5, 5.41) is 0. The van der Waals surface area contributed by atoms with Gasteiger partial charge in [0.1, 0.15) is 6.10 Å². The van der Waals surface area contributed by atoms with Crippen molar-refractivity contribution in [1.29, 1.82) is 0 Å². The third kappa shape index (κ3) is 3.58. The van der Waals surface area contributed by atoms with E-state index in [1.54, 1.807) is 31.2 Å². The number of carbonyl (C=O) groups excluding carboxylic acids is 3. The van der Waals surface area contributed by atoms with E-state index in [-0.39, 0.29) is 35.8 Å². The molecule has 25 heavy (non-hydrogen) atoms. The highest BCUT2D eigenvalue weighted by Gasteiger charge is 2.38. The van der Waals surface area contributed by atoms with E-state index in [1.165, 1.54) is 0 Å². The van der Waals surface area contributed by atoms with Crippen molar-refractivity contribution in [1.82, 2.24) is 4.90 Å². The molecule has 2 aliphatic rings. The van der Waals surface area contributed by atoms with E-state index < -0.39 is 5.97 Å². The van der Waals surface area contributed by atoms with Gasteiger partial charge in [-0.05, 0) is 31.5 Å². The minimum absolute atomic E-state index is 0.118. The average molecular weight is 344 g/mol. The van der Waals surface area contributed by atoms with E-state index in [2.05, 4.69) is 11.8 Å². The van der Waals surface area contributed by atoms with Gasteiger partial charge in [-0.3, -0.25) is 9.59 Å². The number of nitrogens with zero attached hydrogens (tertiary/aromatic N) is 2. The number of carbonyl (C=O) groups is 3. The first-order valence-electron chi connectivity index (χ1n) is 8.90. The van der Waals surface area contributed by atoms with Crippen LogP contribution in [0, 0.1) is 5.92 Å². The standard InChI is InChI=1S/C19H24N2O4/c1-3-20-10-8-14(9-11-20)25-19(24)15-6-4-5-7-16(15)21-17(22)12-13(2)18(21)23/h4-7,13-14H,3,8-12H2,1-2H3. The summed E-state index contributed by atoms with van der Waals surface area (Å²) in [6, 6.07) is 6.68. The van der Waals surface area contributed by atoms with Crippen LogP contribution < -0.4 is 4.90 Å². The molecule has 0 N–H and O–H groups in total. The van der Waals surface area contributed by atoms with Crippen molar-refractivity contribution in [2.45, 2.75) is 39.2 Å². The molecular formula is C19H24N2O4. The van der Waals surface area contributed by atoms with Gasteiger partial charge in [0.25, 0.3) is 0 Å². The molecule has 6 nitrogen and oxygen atoms in total. The van der Waals surface area contributed by atoms with Crippen LogP contribution in [0.25, 0.3) is 0 Å². The average Bonchev–Trinajstić information content (AvgIpc) is 2.87. The minimum atomic E-state index is -0.467. The lowest BCUT2D eigenvalue weighted by molar-refractivity contribution is -0.122. The highest BCUT2D eigenvalue weighted by molar-refractivity contribution is 6.22. The predicted octanol–water partition coefficient (Wildman–Crippen LogP) is 2.23. The van der Waals surface area contributed by atoms with E-state index in [1.807, 2.05) is 0 Å². The lowest BCUT2D eigenvalue weighted by Gasteiger charge is -2.30. The van der Waals surface area contributed by atoms with Crippen LogP contribution in [-0.2, 0) is 14.3 Å². The fourth-order valence-electron chi connectivity index (χ4n) is 3.44. The highest BCUT2D eigenvalue weighted by atomic mass is 16.5. The molecule has 0 bridgehead atoms. The van der Waals surface area contributed by atoms with Crippen LogP contribution in [0.4, 0.5) is 5.69 Å². The van der Waals surface area contributed by atoms with Gasteiger partial charge in [-0.25, -0.2) is 9.69 Å². The number of piperidine rings is 1. The minimum Gasteiger partial charge on any atom is -0.459 e. The van der Waals surface area contributed by atoms with Gasteiger partial charge >= 0.3 is 5.97 Å². The Balaban J connectivity index is 1.76. The summed E-state index contributed by atoms with van der Waals surface area (Å²) in [4.78, 5) is 40.6. The van der Waals surface area contributed by atoms with Crippen LogP contribution in [0.2, 0.25) is 0 Å². The maximum absolute atomic E-state index is 12.7. The molecule has 0 saturated carbocycles. The maximum Gasteiger partial charge on any atom is 0.340 e. The Morgan fingerprint density at radius 2 is 1.88 bits per heavy atom. The lowest BCUT2D eigenvalue weighted by Crippen LogP contribution is -2.38. The van der Waals surface area contributed by atoms with Crippen molar-refractivity contribution in [2.24, 2.45) is 5.92 Å². The maximum atomic E-state index is 12.7. The molecule has 1 unspecified atom stereocenters. The van der Waals surface area contributed by atoms with Crippen LogP contribution in [0.5, 0.6) is 0 Å². The molecule has 2 fully saturated rings. The SMILES string of the molecule is CCN1CCC(OC(=O)c2ccccc2N2C(=O)CC(C)C2=O)CC1. The Kier molecular flexibility index (Phi) is 5.18. The predicted molar refractivity (Wildman–Crippen MR) is 93.3 cm³/mol. The van der Waals surface area contributed by atoms with Gasteiger partial charge in [-0.2, -0.15) is 0 Å². The van der Waals surface area contributed by atoms with Crippen molar-refractivity contribution in [3.63, 3.8) is 0 Å². The second kappa shape index (κ2) is 7.35. The topological polar surface area (TPSA) is 66.9 Å². The second-order valence-electron chi connectivity index (χ2n) is 6.73. The number of imide groups is 1. The van der Waals surface area contributed by atoms with E-state index in [4.69, 9.17) is 4.74 Å². The van der Waals surface area contributed by atoms with Crippen LogP contribution in [-0.4, -0.2) is 48.4 Å². The molecule has 2 heterocycles. The Morgan fingerprint density at radius 3 is 2.48 bits per heavy atom. The second-order valence-corrected chi connectivity index (χ2v) is 6.73. The fourth-order valence-corrected chi connectivity index (χ4v) is 3.44. The Bertz CT molecular complexity index is 680. The quantitative estimate of drug-likeness (QED) is 0.619. The van der Waals surface area contributed by atoms with Gasteiger partial charge in [0.15, 0.2) is 0 Å². The normalized spacial score (nSPS) is 22.5. The summed E-state index contributed by atoms with van der Waals surface area (Å²) >= 11 is 0. The van der Waals surface area contributed by atoms with Crippen molar-refractivity contribution in [3.8, 4) is 0 Å². The molecule has 134 valence electrons. The Hall–Kier alpha value is -2.21. The zero-order valence-corrected chi connectivity index (χ0v) is 14.7. The molecule has 1 aromatic carbocycles. The molecule has 2 aliphatic heterocycles.